The van der Waals surface area contributed by atoms with Crippen LogP contribution in [0.25, 0.3) is 10.9 Å². The van der Waals surface area contributed by atoms with Gasteiger partial charge in [0.25, 0.3) is 0 Å². The van der Waals surface area contributed by atoms with Crippen LogP contribution in [0.2, 0.25) is 5.02 Å². The van der Waals surface area contributed by atoms with Crippen LogP contribution in [0.15, 0.2) is 72.9 Å². The number of aromatic nitrogens is 1. The van der Waals surface area contributed by atoms with Crippen LogP contribution in [0.4, 0.5) is 21.5 Å². The first kappa shape index (κ1) is 29.3. The average Bonchev–Trinajstić information content (AvgIpc) is 2.94. The number of nitriles is 1. The zero-order chi connectivity index (χ0) is 29.4. The third-order valence-corrected chi connectivity index (χ3v) is 6.19. The average molecular weight is 574 g/mol. The number of anilines is 3. The fraction of sp³-hybridized carbons (Fsp3) is 0.194. The molecule has 4 rings (SSSR count). The van der Waals surface area contributed by atoms with Crippen LogP contribution in [0, 0.1) is 17.1 Å². The number of carbonyl (C=O) groups excluding carboxylic acids is 1. The van der Waals surface area contributed by atoms with Gasteiger partial charge in [0.15, 0.2) is 0 Å². The molecule has 0 radical (unpaired) electrons. The molecule has 8 nitrogen and oxygen atoms in total. The number of halogens is 2. The first-order valence-corrected chi connectivity index (χ1v) is 13.2. The Labute approximate surface area is 243 Å². The van der Waals surface area contributed by atoms with Gasteiger partial charge in [0.2, 0.25) is 5.91 Å². The summed E-state index contributed by atoms with van der Waals surface area (Å²) < 4.78 is 24.7. The third kappa shape index (κ3) is 7.72. The molecule has 0 aliphatic rings. The minimum Gasteiger partial charge on any atom is -0.492 e. The smallest absolute Gasteiger partial charge is 0.248 e. The Morgan fingerprint density at radius 2 is 1.90 bits per heavy atom. The summed E-state index contributed by atoms with van der Waals surface area (Å²) in [7, 11) is 3.82. The summed E-state index contributed by atoms with van der Waals surface area (Å²) in [5.74, 6) is 0.288. The van der Waals surface area contributed by atoms with Crippen LogP contribution in [-0.4, -0.2) is 43.0 Å². The molecule has 0 aliphatic carbocycles. The Morgan fingerprint density at radius 3 is 2.59 bits per heavy atom. The highest BCUT2D eigenvalue weighted by atomic mass is 35.5. The second kappa shape index (κ2) is 13.6. The molecule has 1 heterocycles. The number of benzene rings is 3. The van der Waals surface area contributed by atoms with Gasteiger partial charge in [-0.3, -0.25) is 9.78 Å². The first-order valence-electron chi connectivity index (χ1n) is 12.8. The Kier molecular flexibility index (Phi) is 9.74. The van der Waals surface area contributed by atoms with Crippen LogP contribution in [0.5, 0.6) is 11.5 Å². The molecule has 0 spiro atoms. The van der Waals surface area contributed by atoms with Gasteiger partial charge in [0, 0.05) is 36.0 Å². The molecular weight excluding hydrogens is 545 g/mol. The van der Waals surface area contributed by atoms with E-state index in [2.05, 4.69) is 21.7 Å². The van der Waals surface area contributed by atoms with Gasteiger partial charge in [0.05, 0.1) is 34.1 Å². The maximum Gasteiger partial charge on any atom is 0.248 e. The van der Waals surface area contributed by atoms with Crippen molar-refractivity contribution in [1.82, 2.24) is 9.88 Å². The standard InChI is InChI=1S/C31H29ClFN5O3/c1-4-40-29-16-26-24(15-27(29)37-30(39)6-5-13-38(2)3)31(21(17-34)18-35-26)36-23-11-12-28(25(32)14-23)41-19-20-7-9-22(33)10-8-20/h5-12,14-16,18H,4,13,19H2,1-3H3,(H,35,36)(H,37,39)/b6-5+. The van der Waals surface area contributed by atoms with E-state index < -0.39 is 0 Å². The molecule has 0 saturated heterocycles. The van der Waals surface area contributed by atoms with Gasteiger partial charge < -0.3 is 25.0 Å². The van der Waals surface area contributed by atoms with Crippen molar-refractivity contribution in [1.29, 1.82) is 5.26 Å². The lowest BCUT2D eigenvalue weighted by Gasteiger charge is -2.16. The summed E-state index contributed by atoms with van der Waals surface area (Å²) in [5, 5.41) is 16.9. The molecule has 2 N–H and O–H groups in total. The lowest BCUT2D eigenvalue weighted by atomic mass is 10.1. The van der Waals surface area contributed by atoms with E-state index >= 15 is 0 Å². The van der Waals surface area contributed by atoms with E-state index in [1.54, 1.807) is 48.5 Å². The van der Waals surface area contributed by atoms with Crippen LogP contribution < -0.4 is 20.1 Å². The molecule has 41 heavy (non-hydrogen) atoms. The van der Waals surface area contributed by atoms with E-state index in [1.807, 2.05) is 25.9 Å². The quantitative estimate of drug-likeness (QED) is 0.193. The number of likely N-dealkylation sites (N-methyl/N-ethyl adjacent to an activating group) is 1. The summed E-state index contributed by atoms with van der Waals surface area (Å²) >= 11 is 6.50. The second-order valence-corrected chi connectivity index (χ2v) is 9.70. The number of pyridine rings is 1. The molecule has 0 atom stereocenters. The molecule has 10 heteroatoms. The van der Waals surface area contributed by atoms with Gasteiger partial charge >= 0.3 is 0 Å². The lowest BCUT2D eigenvalue weighted by Crippen LogP contribution is -2.13. The normalized spacial score (nSPS) is 11.0. The molecule has 0 fully saturated rings. The van der Waals surface area contributed by atoms with Gasteiger partial charge in [0.1, 0.15) is 30.0 Å². The number of rotatable bonds is 11. The van der Waals surface area contributed by atoms with Gasteiger partial charge in [-0.25, -0.2) is 4.39 Å². The SMILES string of the molecule is CCOc1cc2ncc(C#N)c(Nc3ccc(OCc4ccc(F)cc4)c(Cl)c3)c2cc1NC(=O)/C=C/CN(C)C. The molecule has 3 aromatic carbocycles. The van der Waals surface area contributed by atoms with E-state index in [1.165, 1.54) is 24.4 Å². The van der Waals surface area contributed by atoms with Crippen LogP contribution in [0.1, 0.15) is 18.1 Å². The van der Waals surface area contributed by atoms with E-state index in [9.17, 15) is 14.4 Å². The van der Waals surface area contributed by atoms with Gasteiger partial charge in [-0.2, -0.15) is 5.26 Å². The van der Waals surface area contributed by atoms with Crippen molar-refractivity contribution in [2.75, 3.05) is 37.9 Å². The number of carbonyl (C=O) groups is 1. The van der Waals surface area contributed by atoms with Gasteiger partial charge in [-0.15, -0.1) is 0 Å². The van der Waals surface area contributed by atoms with Crippen molar-refractivity contribution in [2.45, 2.75) is 13.5 Å². The van der Waals surface area contributed by atoms with Gasteiger partial charge in [-0.1, -0.05) is 29.8 Å². The maximum atomic E-state index is 13.2. The fourth-order valence-electron chi connectivity index (χ4n) is 3.94. The van der Waals surface area contributed by atoms with E-state index in [-0.39, 0.29) is 18.3 Å². The fourth-order valence-corrected chi connectivity index (χ4v) is 4.17. The van der Waals surface area contributed by atoms with E-state index in [0.717, 1.165) is 5.56 Å². The summed E-state index contributed by atoms with van der Waals surface area (Å²) in [6.07, 6.45) is 4.70. The highest BCUT2D eigenvalue weighted by molar-refractivity contribution is 6.32. The number of hydrogen-bond donors (Lipinski definition) is 2. The zero-order valence-electron chi connectivity index (χ0n) is 22.9. The first-order chi connectivity index (χ1) is 19.8. The molecule has 4 aromatic rings. The molecular formula is C31H29ClFN5O3. The number of ether oxygens (including phenoxy) is 2. The van der Waals surface area contributed by atoms with Crippen LogP contribution >= 0.6 is 11.6 Å². The van der Waals surface area contributed by atoms with Crippen molar-refractivity contribution in [2.24, 2.45) is 0 Å². The van der Waals surface area contributed by atoms with Crippen molar-refractivity contribution < 1.29 is 18.7 Å². The minimum atomic E-state index is -0.317. The number of hydrogen-bond acceptors (Lipinski definition) is 7. The molecule has 0 aliphatic heterocycles. The molecule has 1 aromatic heterocycles. The minimum absolute atomic E-state index is 0.224. The summed E-state index contributed by atoms with van der Waals surface area (Å²) in [5.41, 5.74) is 3.23. The Balaban J connectivity index is 1.63. The van der Waals surface area contributed by atoms with Crippen molar-refractivity contribution in [3.63, 3.8) is 0 Å². The number of nitrogens with zero attached hydrogens (tertiary/aromatic N) is 3. The van der Waals surface area contributed by atoms with Crippen LogP contribution in [-0.2, 0) is 11.4 Å². The Hall–Kier alpha value is -4.65. The largest absolute Gasteiger partial charge is 0.492 e. The molecule has 0 bridgehead atoms. The second-order valence-electron chi connectivity index (χ2n) is 9.30. The monoisotopic (exact) mass is 573 g/mol. The van der Waals surface area contributed by atoms with Gasteiger partial charge in [-0.05, 0) is 63.0 Å². The maximum absolute atomic E-state index is 13.2. The number of nitrogens with one attached hydrogen (secondary N) is 2. The molecule has 0 saturated carbocycles. The predicted octanol–water partition coefficient (Wildman–Crippen LogP) is 6.68. The molecule has 0 unspecified atom stereocenters. The van der Waals surface area contributed by atoms with E-state index in [4.69, 9.17) is 21.1 Å². The summed E-state index contributed by atoms with van der Waals surface area (Å²) in [6.45, 7) is 3.08. The zero-order valence-corrected chi connectivity index (χ0v) is 23.6. The Bertz CT molecular complexity index is 1620. The molecule has 210 valence electrons. The van der Waals surface area contributed by atoms with Crippen molar-refractivity contribution in [3.05, 3.63) is 94.9 Å². The number of amides is 1. The highest BCUT2D eigenvalue weighted by Crippen LogP contribution is 2.37. The highest BCUT2D eigenvalue weighted by Gasteiger charge is 2.16. The van der Waals surface area contributed by atoms with Crippen molar-refractivity contribution >= 4 is 45.5 Å². The third-order valence-electron chi connectivity index (χ3n) is 5.90. The Morgan fingerprint density at radius 1 is 1.12 bits per heavy atom. The van der Waals surface area contributed by atoms with Crippen LogP contribution in [0.3, 0.4) is 0 Å². The predicted molar refractivity (Wildman–Crippen MR) is 159 cm³/mol. The molecule has 1 amide bonds. The topological polar surface area (TPSA) is 99.5 Å². The van der Waals surface area contributed by atoms with E-state index in [0.29, 0.717) is 63.2 Å². The lowest BCUT2D eigenvalue weighted by molar-refractivity contribution is -0.111. The summed E-state index contributed by atoms with van der Waals surface area (Å²) in [4.78, 5) is 19.0. The van der Waals surface area contributed by atoms with Crippen molar-refractivity contribution in [3.8, 4) is 17.6 Å². The number of fused-ring (bicyclic) bond motifs is 1. The summed E-state index contributed by atoms with van der Waals surface area (Å²) in [6, 6.07) is 16.8.